The van der Waals surface area contributed by atoms with E-state index in [-0.39, 0.29) is 0 Å². The monoisotopic (exact) mass is 286 g/mol. The van der Waals surface area contributed by atoms with Gasteiger partial charge in [0.15, 0.2) is 0 Å². The lowest BCUT2D eigenvalue weighted by atomic mass is 9.96. The molecule has 2 heteroatoms. The Morgan fingerprint density at radius 3 is 2.62 bits per heavy atom. The first kappa shape index (κ1) is 15.1. The maximum absolute atomic E-state index is 3.57. The van der Waals surface area contributed by atoms with Gasteiger partial charge in [0.2, 0.25) is 0 Å². The molecule has 1 heterocycles. The van der Waals surface area contributed by atoms with Gasteiger partial charge in [-0.25, -0.2) is 0 Å². The first-order valence-corrected chi connectivity index (χ1v) is 8.69. The first-order chi connectivity index (χ1) is 10.1. The molecule has 21 heavy (non-hydrogen) atoms. The molecule has 1 saturated heterocycles. The Kier molecular flexibility index (Phi) is 4.66. The molecule has 1 aliphatic heterocycles. The molecule has 2 unspecified atom stereocenters. The normalized spacial score (nSPS) is 24.3. The van der Waals surface area contributed by atoms with Gasteiger partial charge in [-0.05, 0) is 82.2 Å². The smallest absolute Gasteiger partial charge is 0.0323 e. The van der Waals surface area contributed by atoms with E-state index in [4.69, 9.17) is 0 Å². The Balaban J connectivity index is 1.71. The van der Waals surface area contributed by atoms with Gasteiger partial charge in [-0.3, -0.25) is 4.90 Å². The van der Waals surface area contributed by atoms with Crippen LogP contribution < -0.4 is 5.32 Å². The van der Waals surface area contributed by atoms with Gasteiger partial charge in [0.05, 0.1) is 0 Å². The van der Waals surface area contributed by atoms with Gasteiger partial charge >= 0.3 is 0 Å². The number of benzene rings is 1. The SMILES string of the molecule is Cc1ccc(C(C)N(CC2CCCNC2)C2CC2)cc1C. The van der Waals surface area contributed by atoms with Gasteiger partial charge < -0.3 is 5.32 Å². The van der Waals surface area contributed by atoms with Crippen LogP contribution in [0.5, 0.6) is 0 Å². The van der Waals surface area contributed by atoms with Crippen LogP contribution in [0.1, 0.15) is 55.3 Å². The van der Waals surface area contributed by atoms with Gasteiger partial charge in [-0.1, -0.05) is 18.2 Å². The lowest BCUT2D eigenvalue weighted by Crippen LogP contribution is -2.40. The summed E-state index contributed by atoms with van der Waals surface area (Å²) in [6.45, 7) is 10.5. The van der Waals surface area contributed by atoms with Crippen LogP contribution in [0.3, 0.4) is 0 Å². The molecule has 1 N–H and O–H groups in total. The maximum Gasteiger partial charge on any atom is 0.0323 e. The molecular formula is C19H30N2. The molecule has 2 fully saturated rings. The minimum Gasteiger partial charge on any atom is -0.316 e. The van der Waals surface area contributed by atoms with Crippen LogP contribution in [0.25, 0.3) is 0 Å². The van der Waals surface area contributed by atoms with Crippen molar-refractivity contribution in [2.75, 3.05) is 19.6 Å². The van der Waals surface area contributed by atoms with Crippen LogP contribution >= 0.6 is 0 Å². The molecule has 2 atom stereocenters. The number of rotatable bonds is 5. The lowest BCUT2D eigenvalue weighted by molar-refractivity contribution is 0.154. The molecule has 0 radical (unpaired) electrons. The van der Waals surface area contributed by atoms with E-state index in [2.05, 4.69) is 49.2 Å². The van der Waals surface area contributed by atoms with Crippen molar-refractivity contribution in [3.05, 3.63) is 34.9 Å². The summed E-state index contributed by atoms with van der Waals surface area (Å²) in [5.41, 5.74) is 4.32. The zero-order chi connectivity index (χ0) is 14.8. The van der Waals surface area contributed by atoms with Crippen molar-refractivity contribution < 1.29 is 0 Å². The highest BCUT2D eigenvalue weighted by atomic mass is 15.2. The van der Waals surface area contributed by atoms with Gasteiger partial charge in [0, 0.05) is 18.6 Å². The van der Waals surface area contributed by atoms with Crippen molar-refractivity contribution in [3.63, 3.8) is 0 Å². The highest BCUT2D eigenvalue weighted by molar-refractivity contribution is 5.31. The summed E-state index contributed by atoms with van der Waals surface area (Å²) in [4.78, 5) is 2.78. The fraction of sp³-hybridized carbons (Fsp3) is 0.684. The zero-order valence-corrected chi connectivity index (χ0v) is 13.9. The van der Waals surface area contributed by atoms with Crippen LogP contribution in [0.2, 0.25) is 0 Å². The summed E-state index contributed by atoms with van der Waals surface area (Å²) >= 11 is 0. The molecule has 0 aromatic heterocycles. The summed E-state index contributed by atoms with van der Waals surface area (Å²) in [6, 6.07) is 8.41. The Hall–Kier alpha value is -0.860. The molecule has 1 aromatic carbocycles. The molecule has 0 spiro atoms. The summed E-state index contributed by atoms with van der Waals surface area (Å²) in [5, 5.41) is 3.57. The second-order valence-corrected chi connectivity index (χ2v) is 7.16. The van der Waals surface area contributed by atoms with Gasteiger partial charge in [0.25, 0.3) is 0 Å². The van der Waals surface area contributed by atoms with E-state index in [9.17, 15) is 0 Å². The van der Waals surface area contributed by atoms with Crippen LogP contribution in [0.15, 0.2) is 18.2 Å². The molecule has 2 nitrogen and oxygen atoms in total. The van der Waals surface area contributed by atoms with Gasteiger partial charge in [0.1, 0.15) is 0 Å². The zero-order valence-electron chi connectivity index (χ0n) is 13.9. The minimum atomic E-state index is 0.554. The van der Waals surface area contributed by atoms with Gasteiger partial charge in [-0.15, -0.1) is 0 Å². The van der Waals surface area contributed by atoms with Crippen molar-refractivity contribution in [2.45, 2.75) is 58.5 Å². The predicted octanol–water partition coefficient (Wildman–Crippen LogP) is 3.83. The third-order valence-electron chi connectivity index (χ3n) is 5.39. The summed E-state index contributed by atoms with van der Waals surface area (Å²) in [6.07, 6.45) is 5.54. The van der Waals surface area contributed by atoms with Crippen molar-refractivity contribution in [2.24, 2.45) is 5.92 Å². The molecule has 116 valence electrons. The second kappa shape index (κ2) is 6.50. The van der Waals surface area contributed by atoms with Crippen LogP contribution in [0, 0.1) is 19.8 Å². The number of hydrogen-bond acceptors (Lipinski definition) is 2. The second-order valence-electron chi connectivity index (χ2n) is 7.16. The van der Waals surface area contributed by atoms with E-state index in [0.29, 0.717) is 6.04 Å². The molecule has 1 aliphatic carbocycles. The van der Waals surface area contributed by atoms with Crippen molar-refractivity contribution >= 4 is 0 Å². The highest BCUT2D eigenvalue weighted by Crippen LogP contribution is 2.36. The summed E-state index contributed by atoms with van der Waals surface area (Å²) in [7, 11) is 0. The molecule has 2 aliphatic rings. The average Bonchev–Trinajstić information content (AvgIpc) is 3.33. The Labute approximate surface area is 129 Å². The maximum atomic E-state index is 3.57. The van der Waals surface area contributed by atoms with E-state index in [1.165, 1.54) is 62.0 Å². The van der Waals surface area contributed by atoms with E-state index in [1.54, 1.807) is 0 Å². The third kappa shape index (κ3) is 3.67. The number of hydrogen-bond donors (Lipinski definition) is 1. The topological polar surface area (TPSA) is 15.3 Å². The standard InChI is InChI=1S/C19H30N2/c1-14-6-7-18(11-15(14)2)16(3)21(19-8-9-19)13-17-5-4-10-20-12-17/h6-7,11,16-17,19-20H,4-5,8-10,12-13H2,1-3H3. The van der Waals surface area contributed by atoms with E-state index < -0.39 is 0 Å². The minimum absolute atomic E-state index is 0.554. The quantitative estimate of drug-likeness (QED) is 0.885. The van der Waals surface area contributed by atoms with E-state index in [0.717, 1.165) is 12.0 Å². The molecule has 1 aromatic rings. The van der Waals surface area contributed by atoms with Gasteiger partial charge in [-0.2, -0.15) is 0 Å². The van der Waals surface area contributed by atoms with Crippen molar-refractivity contribution in [1.29, 1.82) is 0 Å². The van der Waals surface area contributed by atoms with E-state index >= 15 is 0 Å². The number of piperidine rings is 1. The predicted molar refractivity (Wildman–Crippen MR) is 89.7 cm³/mol. The summed E-state index contributed by atoms with van der Waals surface area (Å²) < 4.78 is 0. The molecule has 0 bridgehead atoms. The highest BCUT2D eigenvalue weighted by Gasteiger charge is 2.34. The Morgan fingerprint density at radius 1 is 1.19 bits per heavy atom. The summed E-state index contributed by atoms with van der Waals surface area (Å²) in [5.74, 6) is 0.841. The Bertz CT molecular complexity index is 472. The number of nitrogens with zero attached hydrogens (tertiary/aromatic N) is 1. The fourth-order valence-electron chi connectivity index (χ4n) is 3.62. The molecule has 0 amide bonds. The van der Waals surface area contributed by atoms with Crippen LogP contribution in [-0.4, -0.2) is 30.6 Å². The van der Waals surface area contributed by atoms with Crippen LogP contribution in [-0.2, 0) is 0 Å². The molecule has 3 rings (SSSR count). The lowest BCUT2D eigenvalue weighted by Gasteiger charge is -2.35. The number of nitrogens with one attached hydrogen (secondary N) is 1. The third-order valence-corrected chi connectivity index (χ3v) is 5.39. The Morgan fingerprint density at radius 2 is 2.00 bits per heavy atom. The largest absolute Gasteiger partial charge is 0.316 e. The number of aryl methyl sites for hydroxylation is 2. The molecular weight excluding hydrogens is 256 g/mol. The van der Waals surface area contributed by atoms with Crippen molar-refractivity contribution in [1.82, 2.24) is 10.2 Å². The first-order valence-electron chi connectivity index (χ1n) is 8.69. The van der Waals surface area contributed by atoms with Crippen molar-refractivity contribution in [3.8, 4) is 0 Å². The van der Waals surface area contributed by atoms with E-state index in [1.807, 2.05) is 0 Å². The molecule has 1 saturated carbocycles. The fourth-order valence-corrected chi connectivity index (χ4v) is 3.62. The van der Waals surface area contributed by atoms with Crippen LogP contribution in [0.4, 0.5) is 0 Å². The average molecular weight is 286 g/mol.